The van der Waals surface area contributed by atoms with Crippen LogP contribution in [0.4, 0.5) is 0 Å². The Bertz CT molecular complexity index is 1080. The molecule has 0 fully saturated rings. The number of rotatable bonds is 9. The third-order valence-corrected chi connectivity index (χ3v) is 5.70. The van der Waals surface area contributed by atoms with E-state index in [4.69, 9.17) is 14.0 Å². The molecule has 0 radical (unpaired) electrons. The van der Waals surface area contributed by atoms with Crippen molar-refractivity contribution in [2.24, 2.45) is 0 Å². The minimum atomic E-state index is -0.828. The number of hydrogen-bond acceptors (Lipinski definition) is 8. The molecule has 1 atom stereocenters. The molecule has 2 heterocycles. The zero-order valence-electron chi connectivity index (χ0n) is 18.9. The molecule has 0 saturated heterocycles. The Morgan fingerprint density at radius 1 is 1.12 bits per heavy atom. The van der Waals surface area contributed by atoms with Gasteiger partial charge in [0.2, 0.25) is 0 Å². The van der Waals surface area contributed by atoms with E-state index in [1.165, 1.54) is 11.8 Å². The number of carbonyl (C=O) groups excluding carboxylic acids is 2. The average Bonchev–Trinajstić information content (AvgIpc) is 3.14. The Morgan fingerprint density at radius 2 is 1.85 bits per heavy atom. The highest BCUT2D eigenvalue weighted by atomic mass is 32.2. The van der Waals surface area contributed by atoms with Crippen molar-refractivity contribution in [1.82, 2.24) is 21.0 Å². The van der Waals surface area contributed by atoms with E-state index in [-0.39, 0.29) is 0 Å². The van der Waals surface area contributed by atoms with Crippen LogP contribution in [0.15, 0.2) is 52.1 Å². The van der Waals surface area contributed by atoms with Gasteiger partial charge in [-0.15, -0.1) is 11.8 Å². The van der Waals surface area contributed by atoms with Crippen molar-refractivity contribution in [3.05, 3.63) is 65.2 Å². The average molecular weight is 471 g/mol. The van der Waals surface area contributed by atoms with Crippen molar-refractivity contribution >= 4 is 23.6 Å². The first-order valence-electron chi connectivity index (χ1n) is 10.4. The molecular formula is C23H26N4O5S. The molecule has 3 aromatic rings. The van der Waals surface area contributed by atoms with Crippen molar-refractivity contribution in [2.45, 2.75) is 44.6 Å². The Labute approximate surface area is 196 Å². The molecule has 0 aliphatic heterocycles. The SMILES string of the molecule is CCOc1ccc(OC(C)C(=O)NNC(=O)c2cccnc2SCc2c(C)noc2C)cc1. The smallest absolute Gasteiger partial charge is 0.279 e. The van der Waals surface area contributed by atoms with E-state index in [1.54, 1.807) is 49.5 Å². The summed E-state index contributed by atoms with van der Waals surface area (Å²) in [4.78, 5) is 29.4. The summed E-state index contributed by atoms with van der Waals surface area (Å²) in [6.07, 6.45) is 0.781. The van der Waals surface area contributed by atoms with Crippen LogP contribution >= 0.6 is 11.8 Å². The predicted molar refractivity (Wildman–Crippen MR) is 123 cm³/mol. The quantitative estimate of drug-likeness (QED) is 0.360. The summed E-state index contributed by atoms with van der Waals surface area (Å²) < 4.78 is 16.2. The Kier molecular flexibility index (Phi) is 8.31. The number of hydrazine groups is 1. The number of hydrogen-bond donors (Lipinski definition) is 2. The third kappa shape index (κ3) is 6.48. The number of carbonyl (C=O) groups is 2. The van der Waals surface area contributed by atoms with Gasteiger partial charge in [-0.05, 0) is 64.1 Å². The maximum absolute atomic E-state index is 12.7. The molecule has 2 aromatic heterocycles. The van der Waals surface area contributed by atoms with Crippen LogP contribution in [-0.4, -0.2) is 34.7 Å². The van der Waals surface area contributed by atoms with Crippen molar-refractivity contribution in [3.63, 3.8) is 0 Å². The maximum Gasteiger partial charge on any atom is 0.279 e. The number of nitrogens with one attached hydrogen (secondary N) is 2. The monoisotopic (exact) mass is 470 g/mol. The summed E-state index contributed by atoms with van der Waals surface area (Å²) in [6, 6.07) is 10.3. The molecule has 1 unspecified atom stereocenters. The van der Waals surface area contributed by atoms with E-state index < -0.39 is 17.9 Å². The minimum absolute atomic E-state index is 0.342. The van der Waals surface area contributed by atoms with Crippen LogP contribution in [0.3, 0.4) is 0 Å². The normalized spacial score (nSPS) is 11.5. The lowest BCUT2D eigenvalue weighted by molar-refractivity contribution is -0.128. The molecule has 0 aliphatic rings. The Hall–Kier alpha value is -3.53. The summed E-state index contributed by atoms with van der Waals surface area (Å²) in [6.45, 7) is 7.76. The highest BCUT2D eigenvalue weighted by Gasteiger charge is 2.19. The van der Waals surface area contributed by atoms with E-state index in [0.717, 1.165) is 17.0 Å². The highest BCUT2D eigenvalue weighted by Crippen LogP contribution is 2.27. The second-order valence-corrected chi connectivity index (χ2v) is 8.02. The number of pyridine rings is 1. The largest absolute Gasteiger partial charge is 0.494 e. The topological polar surface area (TPSA) is 116 Å². The van der Waals surface area contributed by atoms with Gasteiger partial charge in [0.15, 0.2) is 6.10 Å². The van der Waals surface area contributed by atoms with Crippen molar-refractivity contribution in [2.75, 3.05) is 6.61 Å². The van der Waals surface area contributed by atoms with Crippen LogP contribution < -0.4 is 20.3 Å². The molecular weight excluding hydrogens is 444 g/mol. The fourth-order valence-electron chi connectivity index (χ4n) is 2.85. The first kappa shape index (κ1) is 24.1. The number of amides is 2. The Morgan fingerprint density at radius 3 is 2.52 bits per heavy atom. The van der Waals surface area contributed by atoms with Gasteiger partial charge in [0.05, 0.1) is 17.9 Å². The molecule has 1 aromatic carbocycles. The predicted octanol–water partition coefficient (Wildman–Crippen LogP) is 3.61. The number of thioether (sulfide) groups is 1. The van der Waals surface area contributed by atoms with Gasteiger partial charge in [-0.3, -0.25) is 20.4 Å². The zero-order valence-corrected chi connectivity index (χ0v) is 19.7. The van der Waals surface area contributed by atoms with Gasteiger partial charge in [0.25, 0.3) is 11.8 Å². The lowest BCUT2D eigenvalue weighted by atomic mass is 10.2. The standard InChI is InChI=1S/C23H26N4O5S/c1-5-30-17-8-10-18(11-9-17)31-16(4)21(28)25-26-22(29)19-7-6-12-24-23(19)33-13-20-14(2)27-32-15(20)3/h6-12,16H,5,13H2,1-4H3,(H,25,28)(H,26,29). The molecule has 174 valence electrons. The fourth-order valence-corrected chi connectivity index (χ4v) is 4.00. The van der Waals surface area contributed by atoms with E-state index in [1.807, 2.05) is 20.8 Å². The molecule has 33 heavy (non-hydrogen) atoms. The van der Waals surface area contributed by atoms with Crippen LogP contribution in [0.25, 0.3) is 0 Å². The summed E-state index contributed by atoms with van der Waals surface area (Å²) in [5.41, 5.74) is 6.93. The first-order valence-corrected chi connectivity index (χ1v) is 11.4. The summed E-state index contributed by atoms with van der Waals surface area (Å²) >= 11 is 1.39. The van der Waals surface area contributed by atoms with Crippen LogP contribution in [0, 0.1) is 13.8 Å². The van der Waals surface area contributed by atoms with E-state index in [9.17, 15) is 9.59 Å². The van der Waals surface area contributed by atoms with E-state index >= 15 is 0 Å². The molecule has 0 saturated carbocycles. The van der Waals surface area contributed by atoms with E-state index in [0.29, 0.717) is 34.4 Å². The maximum atomic E-state index is 12.7. The second kappa shape index (κ2) is 11.4. The van der Waals surface area contributed by atoms with Crippen LogP contribution in [0.2, 0.25) is 0 Å². The summed E-state index contributed by atoms with van der Waals surface area (Å²) in [5, 5.41) is 4.47. The van der Waals surface area contributed by atoms with Crippen LogP contribution in [0.5, 0.6) is 11.5 Å². The summed E-state index contributed by atoms with van der Waals surface area (Å²) in [7, 11) is 0. The number of aromatic nitrogens is 2. The molecule has 0 bridgehead atoms. The van der Waals surface area contributed by atoms with Crippen LogP contribution in [0.1, 0.15) is 41.2 Å². The molecule has 2 N–H and O–H groups in total. The van der Waals surface area contributed by atoms with Crippen LogP contribution in [-0.2, 0) is 10.5 Å². The molecule has 0 aliphatic carbocycles. The highest BCUT2D eigenvalue weighted by molar-refractivity contribution is 7.98. The number of aryl methyl sites for hydroxylation is 2. The zero-order chi connectivity index (χ0) is 23.8. The van der Waals surface area contributed by atoms with Gasteiger partial charge in [-0.1, -0.05) is 5.16 Å². The first-order chi connectivity index (χ1) is 15.9. The number of benzene rings is 1. The van der Waals surface area contributed by atoms with Gasteiger partial charge < -0.3 is 14.0 Å². The fraction of sp³-hybridized carbons (Fsp3) is 0.304. The van der Waals surface area contributed by atoms with Crippen molar-refractivity contribution in [3.8, 4) is 11.5 Å². The van der Waals surface area contributed by atoms with Gasteiger partial charge in [-0.25, -0.2) is 4.98 Å². The molecule has 10 heteroatoms. The molecule has 9 nitrogen and oxygen atoms in total. The molecule has 2 amide bonds. The second-order valence-electron chi connectivity index (χ2n) is 7.06. The van der Waals surface area contributed by atoms with Gasteiger partial charge in [0, 0.05) is 17.5 Å². The number of ether oxygens (including phenoxy) is 2. The van der Waals surface area contributed by atoms with Gasteiger partial charge in [0.1, 0.15) is 22.3 Å². The van der Waals surface area contributed by atoms with Gasteiger partial charge >= 0.3 is 0 Å². The van der Waals surface area contributed by atoms with E-state index in [2.05, 4.69) is 21.0 Å². The Balaban J connectivity index is 1.55. The van der Waals surface area contributed by atoms with Crippen molar-refractivity contribution in [1.29, 1.82) is 0 Å². The minimum Gasteiger partial charge on any atom is -0.494 e. The lowest BCUT2D eigenvalue weighted by Gasteiger charge is -2.16. The van der Waals surface area contributed by atoms with Gasteiger partial charge in [-0.2, -0.15) is 0 Å². The summed E-state index contributed by atoms with van der Waals surface area (Å²) in [5.74, 6) is 1.54. The third-order valence-electron chi connectivity index (χ3n) is 4.67. The lowest BCUT2D eigenvalue weighted by Crippen LogP contribution is -2.47. The van der Waals surface area contributed by atoms with Crippen molar-refractivity contribution < 1.29 is 23.6 Å². The molecule has 0 spiro atoms. The molecule has 3 rings (SSSR count). The number of nitrogens with zero attached hydrogens (tertiary/aromatic N) is 2.